The van der Waals surface area contributed by atoms with Gasteiger partial charge in [-0.05, 0) is 5.54 Å². The monoisotopic (exact) mass is 130 g/mol. The lowest BCUT2D eigenvalue weighted by Crippen LogP contribution is -0.926. The van der Waals surface area contributed by atoms with Gasteiger partial charge in [0.05, 0.1) is 0 Å². The minimum absolute atomic E-state index is 0. The molecule has 0 bridgehead atoms. The van der Waals surface area contributed by atoms with Gasteiger partial charge in [-0.2, -0.15) is 0 Å². The molecule has 2 N–H and O–H groups in total. The van der Waals surface area contributed by atoms with Gasteiger partial charge in [0, 0.05) is 6.38 Å². The second kappa shape index (κ2) is 59.0. The van der Waals surface area contributed by atoms with E-state index in [9.17, 15) is 0 Å². The van der Waals surface area contributed by atoms with E-state index in [1.165, 1.54) is 11.9 Å². The average Bonchev–Trinajstić information content (AvgIpc) is 1.46. The van der Waals surface area contributed by atoms with E-state index in [2.05, 4.69) is 18.2 Å². The summed E-state index contributed by atoms with van der Waals surface area (Å²) >= 11 is 9.40. The second-order valence-electron chi connectivity index (χ2n) is 0.154. The van der Waals surface area contributed by atoms with Crippen LogP contribution in [0.1, 0.15) is 0 Å². The first-order chi connectivity index (χ1) is 2.41. The highest BCUT2D eigenvalue weighted by Crippen LogP contribution is 1.60. The molecule has 0 aromatic rings. The summed E-state index contributed by atoms with van der Waals surface area (Å²) in [5, 5.41) is 0. The Hall–Kier alpha value is 0.280. The number of hydrogen-bond acceptors (Lipinski definition) is 0. The predicted octanol–water partition coefficient (Wildman–Crippen LogP) is 1.40. The van der Waals surface area contributed by atoms with Gasteiger partial charge in [-0.15, -0.1) is 11.6 Å². The number of alkyl halides is 1. The molecular weight excluding hydrogens is 123 g/mol. The van der Waals surface area contributed by atoms with Crippen LogP contribution in [0.2, 0.25) is 0 Å². The number of hydrogen-bond donors (Lipinski definition) is 0. The summed E-state index contributed by atoms with van der Waals surface area (Å²) in [7, 11) is 0. The van der Waals surface area contributed by atoms with Crippen molar-refractivity contribution in [3.05, 3.63) is 12.1 Å². The van der Waals surface area contributed by atoms with Crippen LogP contribution < -0.4 is 0 Å². The summed E-state index contributed by atoms with van der Waals surface area (Å²) in [4.78, 5) is 0. The first kappa shape index (κ1) is 16.3. The lowest BCUT2D eigenvalue weighted by atomic mass is 11.3. The summed E-state index contributed by atoms with van der Waals surface area (Å²) in [6.45, 7) is 3.13. The molecule has 0 aromatic heterocycles. The molecule has 0 saturated carbocycles. The Morgan fingerprint density at radius 2 is 1.50 bits per heavy atom. The molecule has 0 aromatic carbocycles. The highest BCUT2D eigenvalue weighted by atomic mass is 35.5. The van der Waals surface area contributed by atoms with Gasteiger partial charge >= 0.3 is 0 Å². The molecule has 0 saturated heterocycles. The molecule has 0 unspecified atom stereocenters. The Morgan fingerprint density at radius 1 is 1.50 bits per heavy atom. The highest BCUT2D eigenvalue weighted by Gasteiger charge is 1.18. The Bertz CT molecular complexity index is 16.3. The summed E-state index contributed by atoms with van der Waals surface area (Å²) < 4.78 is 0. The van der Waals surface area contributed by atoms with E-state index in [4.69, 9.17) is 11.6 Å². The third-order valence-corrected chi connectivity index (χ3v) is 0. The molecule has 1 nitrogen and oxygen atoms in total. The summed E-state index contributed by atoms with van der Waals surface area (Å²) in [5.74, 6) is 0. The van der Waals surface area contributed by atoms with E-state index in [0.29, 0.717) is 0 Å². The SMILES string of the molecule is C=CCl.CCl.O. The van der Waals surface area contributed by atoms with Gasteiger partial charge in [-0.1, -0.05) is 18.2 Å². The fraction of sp³-hybridized carbons (Fsp3) is 0.333. The molecule has 0 atom stereocenters. The third kappa shape index (κ3) is 587. The van der Waals surface area contributed by atoms with Crippen molar-refractivity contribution in [2.45, 2.75) is 0 Å². The Morgan fingerprint density at radius 3 is 1.50 bits per heavy atom. The van der Waals surface area contributed by atoms with Crippen molar-refractivity contribution in [3.8, 4) is 0 Å². The van der Waals surface area contributed by atoms with Crippen molar-refractivity contribution in [2.24, 2.45) is 0 Å². The van der Waals surface area contributed by atoms with Crippen LogP contribution in [0, 0.1) is 0 Å². The lowest BCUT2D eigenvalue weighted by molar-refractivity contribution is 0.824. The van der Waals surface area contributed by atoms with E-state index in [-0.39, 0.29) is 5.48 Å². The van der Waals surface area contributed by atoms with Crippen LogP contribution in [0.3, 0.4) is 0 Å². The van der Waals surface area contributed by atoms with Gasteiger partial charge in [0.2, 0.25) is 0 Å². The third-order valence-electron chi connectivity index (χ3n) is 0. The van der Waals surface area contributed by atoms with Crippen molar-refractivity contribution < 1.29 is 5.48 Å². The van der Waals surface area contributed by atoms with Crippen molar-refractivity contribution in [1.29, 1.82) is 0 Å². The zero-order valence-electron chi connectivity index (χ0n) is 3.54. The predicted molar refractivity (Wildman–Crippen MR) is 31.4 cm³/mol. The van der Waals surface area contributed by atoms with Crippen LogP contribution >= 0.6 is 23.2 Å². The van der Waals surface area contributed by atoms with Gasteiger partial charge in [0.1, 0.15) is 0 Å². The van der Waals surface area contributed by atoms with E-state index in [0.717, 1.165) is 0 Å². The first-order valence-electron chi connectivity index (χ1n) is 1.00. The first-order valence-corrected chi connectivity index (χ1v) is 2.20. The second-order valence-corrected chi connectivity index (χ2v) is 0.463. The van der Waals surface area contributed by atoms with Crippen LogP contribution in [0.25, 0.3) is 0 Å². The lowest BCUT2D eigenvalue weighted by Gasteiger charge is -1.27. The van der Waals surface area contributed by atoms with Crippen LogP contribution in [0.4, 0.5) is 0 Å². The molecule has 0 aliphatic carbocycles. The van der Waals surface area contributed by atoms with Crippen LogP contribution in [-0.2, 0) is 0 Å². The Kier molecular flexibility index (Phi) is 160. The molecule has 40 valence electrons. The molecule has 0 heterocycles. The van der Waals surface area contributed by atoms with Crippen molar-refractivity contribution >= 4 is 23.2 Å². The zero-order valence-corrected chi connectivity index (χ0v) is 5.05. The van der Waals surface area contributed by atoms with E-state index >= 15 is 0 Å². The maximum absolute atomic E-state index is 4.76. The maximum atomic E-state index is 4.76. The zero-order chi connectivity index (χ0) is 4.71. The van der Waals surface area contributed by atoms with Gasteiger partial charge in [-0.3, -0.25) is 0 Å². The van der Waals surface area contributed by atoms with Crippen LogP contribution in [0.15, 0.2) is 12.1 Å². The molecule has 6 heavy (non-hydrogen) atoms. The molecular formula is C3H8Cl2O. The molecule has 0 rings (SSSR count). The molecule has 0 amide bonds. The highest BCUT2D eigenvalue weighted by molar-refractivity contribution is 6.25. The van der Waals surface area contributed by atoms with Gasteiger partial charge in [0.25, 0.3) is 0 Å². The van der Waals surface area contributed by atoms with E-state index in [1.807, 2.05) is 0 Å². The Balaban J connectivity index is -0.0000000275. The largest absolute Gasteiger partial charge is 0.412 e. The van der Waals surface area contributed by atoms with Crippen LogP contribution in [0.5, 0.6) is 0 Å². The van der Waals surface area contributed by atoms with Crippen molar-refractivity contribution in [3.63, 3.8) is 0 Å². The Labute approximate surface area is 47.9 Å². The molecule has 0 aliphatic heterocycles. The standard InChI is InChI=1S/C2H3Cl.CH3Cl.H2O/c1-2-3;1-2;/h2H,1H2;1H3;1H2. The summed E-state index contributed by atoms with van der Waals surface area (Å²) in [6, 6.07) is 0. The van der Waals surface area contributed by atoms with E-state index in [1.54, 1.807) is 0 Å². The maximum Gasteiger partial charge on any atom is 0.0108 e. The normalized spacial score (nSPS) is 3.17. The van der Waals surface area contributed by atoms with Gasteiger partial charge < -0.3 is 5.48 Å². The smallest absolute Gasteiger partial charge is 0.0108 e. The number of halogens is 2. The molecule has 0 spiro atoms. The molecule has 0 fully saturated rings. The average molecular weight is 131 g/mol. The van der Waals surface area contributed by atoms with Crippen molar-refractivity contribution in [1.82, 2.24) is 0 Å². The quantitative estimate of drug-likeness (QED) is 0.445. The number of rotatable bonds is 0. The van der Waals surface area contributed by atoms with Crippen molar-refractivity contribution in [2.75, 3.05) is 6.38 Å². The fourth-order valence-corrected chi connectivity index (χ4v) is 0. The van der Waals surface area contributed by atoms with Gasteiger partial charge in [-0.25, -0.2) is 0 Å². The van der Waals surface area contributed by atoms with Gasteiger partial charge in [0.15, 0.2) is 0 Å². The molecule has 3 heteroatoms. The van der Waals surface area contributed by atoms with Crippen LogP contribution in [-0.4, -0.2) is 11.9 Å². The summed E-state index contributed by atoms with van der Waals surface area (Å²) in [6.07, 6.45) is 1.47. The molecule has 0 aliphatic rings. The molecule has 0 radical (unpaired) electrons. The topological polar surface area (TPSA) is 31.5 Å². The fourth-order valence-electron chi connectivity index (χ4n) is 0. The van der Waals surface area contributed by atoms with E-state index < -0.39 is 0 Å². The minimum Gasteiger partial charge on any atom is -0.412 e. The summed E-state index contributed by atoms with van der Waals surface area (Å²) in [5.41, 5.74) is 1.22. The minimum atomic E-state index is 0.